The van der Waals surface area contributed by atoms with Crippen molar-refractivity contribution in [1.29, 1.82) is 0 Å². The molecule has 0 radical (unpaired) electrons. The highest BCUT2D eigenvalue weighted by Gasteiger charge is 2.23. The second-order valence-corrected chi connectivity index (χ2v) is 7.28. The summed E-state index contributed by atoms with van der Waals surface area (Å²) >= 11 is 1.42. The summed E-state index contributed by atoms with van der Waals surface area (Å²) < 4.78 is 26.4. The van der Waals surface area contributed by atoms with Crippen molar-refractivity contribution in [3.63, 3.8) is 0 Å². The van der Waals surface area contributed by atoms with Gasteiger partial charge in [-0.05, 0) is 37.4 Å². The summed E-state index contributed by atoms with van der Waals surface area (Å²) in [6.45, 7) is 1.47. The molecule has 0 fully saturated rings. The highest BCUT2D eigenvalue weighted by atomic mass is 32.2. The summed E-state index contributed by atoms with van der Waals surface area (Å²) in [6, 6.07) is 5.28. The van der Waals surface area contributed by atoms with Crippen LogP contribution in [0, 0.1) is 0 Å². The first kappa shape index (κ1) is 17.0. The summed E-state index contributed by atoms with van der Waals surface area (Å²) in [5.74, 6) is -0.208. The van der Waals surface area contributed by atoms with Crippen LogP contribution < -0.4 is 10.5 Å². The van der Waals surface area contributed by atoms with Gasteiger partial charge in [0.2, 0.25) is 15.9 Å². The quantitative estimate of drug-likeness (QED) is 0.664. The molecule has 0 aromatic heterocycles. The Morgan fingerprint density at radius 1 is 1.40 bits per heavy atom. The highest BCUT2D eigenvalue weighted by molar-refractivity contribution is 7.98. The van der Waals surface area contributed by atoms with Gasteiger partial charge in [0.25, 0.3) is 0 Å². The van der Waals surface area contributed by atoms with E-state index in [4.69, 9.17) is 5.73 Å². The molecule has 6 nitrogen and oxygen atoms in total. The molecule has 0 saturated heterocycles. The molecule has 0 bridgehead atoms. The number of aliphatic hydroxyl groups is 1. The van der Waals surface area contributed by atoms with Crippen LogP contribution in [0.25, 0.3) is 0 Å². The van der Waals surface area contributed by atoms with Crippen molar-refractivity contribution in [1.82, 2.24) is 4.72 Å². The fourth-order valence-electron chi connectivity index (χ4n) is 1.49. The fourth-order valence-corrected chi connectivity index (χ4v) is 3.38. The number of sulfonamides is 1. The number of rotatable bonds is 7. The molecule has 1 rings (SSSR count). The molecule has 1 atom stereocenters. The number of hydrogen-bond acceptors (Lipinski definition) is 5. The van der Waals surface area contributed by atoms with Crippen molar-refractivity contribution in [2.75, 3.05) is 18.6 Å². The number of nitrogens with one attached hydrogen (secondary N) is 1. The number of nitrogens with two attached hydrogens (primary N) is 1. The molecule has 0 aliphatic heterocycles. The lowest BCUT2D eigenvalue weighted by Crippen LogP contribution is -2.42. The molecule has 4 N–H and O–H groups in total. The van der Waals surface area contributed by atoms with Gasteiger partial charge in [0.1, 0.15) is 0 Å². The van der Waals surface area contributed by atoms with Gasteiger partial charge < -0.3 is 10.8 Å². The van der Waals surface area contributed by atoms with Gasteiger partial charge in [0, 0.05) is 17.9 Å². The van der Waals surface area contributed by atoms with E-state index in [0.29, 0.717) is 5.75 Å². The molecular formula is C12H18N2O4S2. The van der Waals surface area contributed by atoms with Gasteiger partial charge in [-0.15, -0.1) is 0 Å². The zero-order chi connectivity index (χ0) is 15.4. The molecule has 1 unspecified atom stereocenters. The molecule has 1 aromatic carbocycles. The Morgan fingerprint density at radius 3 is 2.40 bits per heavy atom. The maximum atomic E-state index is 12.0. The minimum Gasteiger partial charge on any atom is -0.388 e. The minimum absolute atomic E-state index is 0.0162. The number of primary amides is 1. The summed E-state index contributed by atoms with van der Waals surface area (Å²) in [5, 5.41) is 9.93. The standard InChI is InChI=1S/C12H18N2O4S2/c1-12(16,8-19-2)7-14-20(17,18)10-5-3-9(4-6-10)11(13)15/h3-6,14,16H,7-8H2,1-2H3,(H2,13,15). The molecule has 0 aliphatic rings. The van der Waals surface area contributed by atoms with E-state index < -0.39 is 21.5 Å². The zero-order valence-corrected chi connectivity index (χ0v) is 12.9. The SMILES string of the molecule is CSCC(C)(O)CNS(=O)(=O)c1ccc(C(N)=O)cc1. The molecule has 1 amide bonds. The van der Waals surface area contributed by atoms with E-state index in [1.807, 2.05) is 6.26 Å². The molecule has 8 heteroatoms. The van der Waals surface area contributed by atoms with E-state index in [1.54, 1.807) is 6.92 Å². The first-order valence-electron chi connectivity index (χ1n) is 5.79. The lowest BCUT2D eigenvalue weighted by molar-refractivity contribution is 0.0908. The second-order valence-electron chi connectivity index (χ2n) is 4.64. The predicted molar refractivity (Wildman–Crippen MR) is 79.2 cm³/mol. The lowest BCUT2D eigenvalue weighted by atomic mass is 10.1. The van der Waals surface area contributed by atoms with Gasteiger partial charge >= 0.3 is 0 Å². The van der Waals surface area contributed by atoms with Crippen LogP contribution in [0.2, 0.25) is 0 Å². The van der Waals surface area contributed by atoms with Crippen LogP contribution in [-0.4, -0.2) is 43.6 Å². The van der Waals surface area contributed by atoms with Gasteiger partial charge in [0.05, 0.1) is 10.5 Å². The van der Waals surface area contributed by atoms with Crippen LogP contribution in [0.5, 0.6) is 0 Å². The lowest BCUT2D eigenvalue weighted by Gasteiger charge is -2.22. The van der Waals surface area contributed by atoms with Crippen molar-refractivity contribution in [3.8, 4) is 0 Å². The average Bonchev–Trinajstić information content (AvgIpc) is 2.37. The van der Waals surface area contributed by atoms with Crippen LogP contribution >= 0.6 is 11.8 Å². The summed E-state index contributed by atoms with van der Waals surface area (Å²) in [4.78, 5) is 10.9. The number of amides is 1. The molecule has 0 saturated carbocycles. The molecule has 112 valence electrons. The number of thioether (sulfide) groups is 1. The van der Waals surface area contributed by atoms with Crippen LogP contribution in [0.3, 0.4) is 0 Å². The summed E-state index contributed by atoms with van der Waals surface area (Å²) in [7, 11) is -3.73. The van der Waals surface area contributed by atoms with Gasteiger partial charge in [-0.3, -0.25) is 4.79 Å². The third-order valence-electron chi connectivity index (χ3n) is 2.55. The normalized spacial score (nSPS) is 14.8. The summed E-state index contributed by atoms with van der Waals surface area (Å²) in [6.07, 6.45) is 1.82. The zero-order valence-electron chi connectivity index (χ0n) is 11.3. The molecule has 0 spiro atoms. The number of hydrogen-bond donors (Lipinski definition) is 3. The van der Waals surface area contributed by atoms with Crippen LogP contribution in [0.1, 0.15) is 17.3 Å². The van der Waals surface area contributed by atoms with Crippen molar-refractivity contribution >= 4 is 27.7 Å². The van der Waals surface area contributed by atoms with Crippen molar-refractivity contribution in [2.45, 2.75) is 17.4 Å². The van der Waals surface area contributed by atoms with Crippen LogP contribution in [0.15, 0.2) is 29.2 Å². The van der Waals surface area contributed by atoms with Crippen molar-refractivity contribution < 1.29 is 18.3 Å². The molecule has 0 aliphatic carbocycles. The topological polar surface area (TPSA) is 109 Å². The predicted octanol–water partition coefficient (Wildman–Crippen LogP) is 0.178. The molecule has 1 aromatic rings. The Labute approximate surface area is 122 Å². The Morgan fingerprint density at radius 2 is 1.95 bits per heavy atom. The van der Waals surface area contributed by atoms with Crippen LogP contribution in [-0.2, 0) is 10.0 Å². The average molecular weight is 318 g/mol. The van der Waals surface area contributed by atoms with Gasteiger partial charge in [-0.2, -0.15) is 11.8 Å². The third-order valence-corrected chi connectivity index (χ3v) is 4.88. The number of carbonyl (C=O) groups is 1. The monoisotopic (exact) mass is 318 g/mol. The molecular weight excluding hydrogens is 300 g/mol. The van der Waals surface area contributed by atoms with Crippen molar-refractivity contribution in [2.24, 2.45) is 5.73 Å². The van der Waals surface area contributed by atoms with E-state index in [-0.39, 0.29) is 17.0 Å². The van der Waals surface area contributed by atoms with E-state index in [9.17, 15) is 18.3 Å². The smallest absolute Gasteiger partial charge is 0.248 e. The first-order chi connectivity index (χ1) is 9.18. The number of carbonyl (C=O) groups excluding carboxylic acids is 1. The van der Waals surface area contributed by atoms with E-state index in [0.717, 1.165) is 0 Å². The van der Waals surface area contributed by atoms with Crippen LogP contribution in [0.4, 0.5) is 0 Å². The van der Waals surface area contributed by atoms with E-state index in [2.05, 4.69) is 4.72 Å². The Bertz CT molecular complexity index is 568. The second kappa shape index (κ2) is 6.57. The molecule has 20 heavy (non-hydrogen) atoms. The van der Waals surface area contributed by atoms with E-state index >= 15 is 0 Å². The molecule has 0 heterocycles. The van der Waals surface area contributed by atoms with Gasteiger partial charge in [-0.25, -0.2) is 13.1 Å². The number of benzene rings is 1. The third kappa shape index (κ3) is 4.78. The minimum atomic E-state index is -3.73. The summed E-state index contributed by atoms with van der Waals surface area (Å²) in [5.41, 5.74) is 4.19. The van der Waals surface area contributed by atoms with E-state index in [1.165, 1.54) is 36.0 Å². The van der Waals surface area contributed by atoms with Gasteiger partial charge in [0.15, 0.2) is 0 Å². The Kier molecular flexibility index (Phi) is 5.58. The highest BCUT2D eigenvalue weighted by Crippen LogP contribution is 2.13. The fraction of sp³-hybridized carbons (Fsp3) is 0.417. The van der Waals surface area contributed by atoms with Gasteiger partial charge in [-0.1, -0.05) is 0 Å². The van der Waals surface area contributed by atoms with Crippen molar-refractivity contribution in [3.05, 3.63) is 29.8 Å². The maximum absolute atomic E-state index is 12.0. The largest absolute Gasteiger partial charge is 0.388 e. The first-order valence-corrected chi connectivity index (χ1v) is 8.66. The Balaban J connectivity index is 2.81. The maximum Gasteiger partial charge on any atom is 0.248 e. The Hall–Kier alpha value is -1.09.